The summed E-state index contributed by atoms with van der Waals surface area (Å²) in [6.07, 6.45) is 1.76. The van der Waals surface area contributed by atoms with Crippen molar-refractivity contribution in [2.45, 2.75) is 30.4 Å². The van der Waals surface area contributed by atoms with Crippen LogP contribution in [0.15, 0.2) is 72.4 Å². The Morgan fingerprint density at radius 3 is 2.61 bits per heavy atom. The number of thioether (sulfide) groups is 1. The summed E-state index contributed by atoms with van der Waals surface area (Å²) in [4.78, 5) is 12.4. The number of rotatable bonds is 8. The van der Waals surface area contributed by atoms with Crippen molar-refractivity contribution in [2.24, 2.45) is 0 Å². The van der Waals surface area contributed by atoms with E-state index in [0.29, 0.717) is 23.7 Å². The van der Waals surface area contributed by atoms with Crippen molar-refractivity contribution in [3.8, 4) is 0 Å². The lowest BCUT2D eigenvalue weighted by molar-refractivity contribution is 0.0937. The zero-order chi connectivity index (χ0) is 19.9. The third-order valence-electron chi connectivity index (χ3n) is 4.11. The Labute approximate surface area is 167 Å². The van der Waals surface area contributed by atoms with Crippen LogP contribution < -0.4 is 5.32 Å². The molecule has 7 heteroatoms. The first-order chi connectivity index (χ1) is 13.6. The number of halogens is 1. The van der Waals surface area contributed by atoms with Crippen LogP contribution in [0.5, 0.6) is 0 Å². The lowest BCUT2D eigenvalue weighted by atomic mass is 10.2. The van der Waals surface area contributed by atoms with Crippen molar-refractivity contribution in [3.63, 3.8) is 0 Å². The summed E-state index contributed by atoms with van der Waals surface area (Å²) in [5.41, 5.74) is 1.58. The molecule has 0 saturated heterocycles. The van der Waals surface area contributed by atoms with Crippen molar-refractivity contribution >= 4 is 17.7 Å². The van der Waals surface area contributed by atoms with E-state index in [1.807, 2.05) is 29.7 Å². The van der Waals surface area contributed by atoms with Crippen molar-refractivity contribution < 1.29 is 9.18 Å². The average Bonchev–Trinajstić information content (AvgIpc) is 3.11. The van der Waals surface area contributed by atoms with Crippen molar-refractivity contribution in [1.82, 2.24) is 20.1 Å². The standard InChI is InChI=1S/C21H21FN4OS/c1-3-13-26-19(15(2)23-20(27)17-7-5-4-6-8-17)24-25-21(26)28-14-16-9-11-18(22)12-10-16/h3-12,15H,1,13-14H2,2H3,(H,23,27)/t15-/m1/s1. The molecule has 0 unspecified atom stereocenters. The van der Waals surface area contributed by atoms with E-state index in [1.165, 1.54) is 23.9 Å². The van der Waals surface area contributed by atoms with Crippen LogP contribution in [-0.4, -0.2) is 20.7 Å². The molecular formula is C21H21FN4OS. The monoisotopic (exact) mass is 396 g/mol. The lowest BCUT2D eigenvalue weighted by Crippen LogP contribution is -2.28. The molecule has 144 valence electrons. The largest absolute Gasteiger partial charge is 0.342 e. The van der Waals surface area contributed by atoms with Gasteiger partial charge in [0.1, 0.15) is 5.82 Å². The summed E-state index contributed by atoms with van der Waals surface area (Å²) < 4.78 is 15.0. The third-order valence-corrected chi connectivity index (χ3v) is 5.15. The van der Waals surface area contributed by atoms with Gasteiger partial charge in [-0.15, -0.1) is 16.8 Å². The van der Waals surface area contributed by atoms with Gasteiger partial charge >= 0.3 is 0 Å². The van der Waals surface area contributed by atoms with Gasteiger partial charge in [0.25, 0.3) is 5.91 Å². The maximum atomic E-state index is 13.1. The topological polar surface area (TPSA) is 59.8 Å². The number of carbonyl (C=O) groups excluding carboxylic acids is 1. The van der Waals surface area contributed by atoms with Gasteiger partial charge in [-0.1, -0.05) is 48.2 Å². The summed E-state index contributed by atoms with van der Waals surface area (Å²) in [7, 11) is 0. The smallest absolute Gasteiger partial charge is 0.251 e. The molecule has 0 spiro atoms. The predicted octanol–water partition coefficient (Wildman–Crippen LogP) is 4.39. The first-order valence-corrected chi connectivity index (χ1v) is 9.84. The second-order valence-corrected chi connectivity index (χ2v) is 7.16. The van der Waals surface area contributed by atoms with Crippen LogP contribution in [0.4, 0.5) is 4.39 Å². The number of nitrogens with one attached hydrogen (secondary N) is 1. The number of nitrogens with zero attached hydrogens (tertiary/aromatic N) is 3. The fourth-order valence-corrected chi connectivity index (χ4v) is 3.60. The molecule has 5 nitrogen and oxygen atoms in total. The zero-order valence-corrected chi connectivity index (χ0v) is 16.3. The van der Waals surface area contributed by atoms with E-state index < -0.39 is 0 Å². The van der Waals surface area contributed by atoms with E-state index in [-0.39, 0.29) is 17.8 Å². The molecule has 1 aromatic heterocycles. The van der Waals surface area contributed by atoms with Gasteiger partial charge < -0.3 is 9.88 Å². The average molecular weight is 396 g/mol. The van der Waals surface area contributed by atoms with E-state index in [2.05, 4.69) is 22.1 Å². The highest BCUT2D eigenvalue weighted by Gasteiger charge is 2.19. The van der Waals surface area contributed by atoms with Crippen LogP contribution in [0, 0.1) is 5.82 Å². The molecule has 0 saturated carbocycles. The Balaban J connectivity index is 1.72. The van der Waals surface area contributed by atoms with Gasteiger partial charge in [0.2, 0.25) is 0 Å². The Morgan fingerprint density at radius 1 is 1.21 bits per heavy atom. The molecule has 0 aliphatic heterocycles. The van der Waals surface area contributed by atoms with Crippen LogP contribution >= 0.6 is 11.8 Å². The molecule has 1 amide bonds. The minimum atomic E-state index is -0.319. The zero-order valence-electron chi connectivity index (χ0n) is 15.5. The first-order valence-electron chi connectivity index (χ1n) is 8.85. The van der Waals surface area contributed by atoms with E-state index in [4.69, 9.17) is 0 Å². The summed E-state index contributed by atoms with van der Waals surface area (Å²) >= 11 is 1.51. The second kappa shape index (κ2) is 9.32. The van der Waals surface area contributed by atoms with Crippen molar-refractivity contribution in [1.29, 1.82) is 0 Å². The molecule has 2 aromatic carbocycles. The highest BCUT2D eigenvalue weighted by atomic mass is 32.2. The number of carbonyl (C=O) groups is 1. The highest BCUT2D eigenvalue weighted by molar-refractivity contribution is 7.98. The number of hydrogen-bond acceptors (Lipinski definition) is 4. The molecule has 1 N–H and O–H groups in total. The Hall–Kier alpha value is -2.93. The minimum absolute atomic E-state index is 0.165. The molecule has 0 fully saturated rings. The summed E-state index contributed by atoms with van der Waals surface area (Å²) in [5, 5.41) is 12.2. The molecule has 0 aliphatic rings. The fourth-order valence-electron chi connectivity index (χ4n) is 2.69. The number of allylic oxidation sites excluding steroid dienone is 1. The van der Waals surface area contributed by atoms with Gasteiger partial charge in [0, 0.05) is 17.9 Å². The Bertz CT molecular complexity index is 941. The second-order valence-electron chi connectivity index (χ2n) is 6.22. The maximum absolute atomic E-state index is 13.1. The van der Waals surface area contributed by atoms with Gasteiger partial charge in [0.15, 0.2) is 11.0 Å². The van der Waals surface area contributed by atoms with Gasteiger partial charge in [0.05, 0.1) is 6.04 Å². The fraction of sp³-hybridized carbons (Fsp3) is 0.190. The minimum Gasteiger partial charge on any atom is -0.342 e. The highest BCUT2D eigenvalue weighted by Crippen LogP contribution is 2.24. The maximum Gasteiger partial charge on any atom is 0.251 e. The van der Waals surface area contributed by atoms with Gasteiger partial charge in [-0.25, -0.2) is 4.39 Å². The quantitative estimate of drug-likeness (QED) is 0.453. The summed E-state index contributed by atoms with van der Waals surface area (Å²) in [6, 6.07) is 15.1. The van der Waals surface area contributed by atoms with Crippen LogP contribution in [0.1, 0.15) is 34.7 Å². The molecule has 0 bridgehead atoms. The Morgan fingerprint density at radius 2 is 1.93 bits per heavy atom. The molecule has 28 heavy (non-hydrogen) atoms. The van der Waals surface area contributed by atoms with E-state index in [0.717, 1.165) is 10.7 Å². The molecule has 1 heterocycles. The molecular weight excluding hydrogens is 375 g/mol. The SMILES string of the molecule is C=CCn1c(SCc2ccc(F)cc2)nnc1[C@@H](C)NC(=O)c1ccccc1. The van der Waals surface area contributed by atoms with Crippen molar-refractivity contribution in [2.75, 3.05) is 0 Å². The number of amides is 1. The third kappa shape index (κ3) is 4.86. The molecule has 3 rings (SSSR count). The molecule has 3 aromatic rings. The van der Waals surface area contributed by atoms with Crippen LogP contribution in [0.25, 0.3) is 0 Å². The first kappa shape index (κ1) is 19.8. The van der Waals surface area contributed by atoms with Gasteiger partial charge in [-0.2, -0.15) is 0 Å². The molecule has 0 radical (unpaired) electrons. The summed E-state index contributed by atoms with van der Waals surface area (Å²) in [6.45, 7) is 6.20. The van der Waals surface area contributed by atoms with E-state index in [9.17, 15) is 9.18 Å². The van der Waals surface area contributed by atoms with Gasteiger partial charge in [-0.05, 0) is 36.8 Å². The normalized spacial score (nSPS) is 11.8. The van der Waals surface area contributed by atoms with Crippen LogP contribution in [0.2, 0.25) is 0 Å². The van der Waals surface area contributed by atoms with E-state index in [1.54, 1.807) is 30.3 Å². The van der Waals surface area contributed by atoms with E-state index >= 15 is 0 Å². The molecule has 1 atom stereocenters. The summed E-state index contributed by atoms with van der Waals surface area (Å²) in [5.74, 6) is 0.877. The van der Waals surface area contributed by atoms with Crippen LogP contribution in [-0.2, 0) is 12.3 Å². The Kier molecular flexibility index (Phi) is 6.60. The number of hydrogen-bond donors (Lipinski definition) is 1. The predicted molar refractivity (Wildman–Crippen MR) is 109 cm³/mol. The number of benzene rings is 2. The molecule has 0 aliphatic carbocycles. The number of aromatic nitrogens is 3. The van der Waals surface area contributed by atoms with Gasteiger partial charge in [-0.3, -0.25) is 4.79 Å². The van der Waals surface area contributed by atoms with Crippen LogP contribution in [0.3, 0.4) is 0 Å². The lowest BCUT2D eigenvalue weighted by Gasteiger charge is -2.15. The van der Waals surface area contributed by atoms with Crippen molar-refractivity contribution in [3.05, 3.63) is 90.0 Å².